The minimum atomic E-state index is -2.85. The van der Waals surface area contributed by atoms with Crippen LogP contribution in [0.1, 0.15) is 61.6 Å². The van der Waals surface area contributed by atoms with Crippen molar-refractivity contribution in [1.29, 1.82) is 0 Å². The van der Waals surface area contributed by atoms with Crippen molar-refractivity contribution in [3.63, 3.8) is 0 Å². The molecule has 0 bridgehead atoms. The average molecular weight is 543 g/mol. The molecular weight excluding hydrogens is 501 g/mol. The number of thiol groups is 1. The zero-order valence-electron chi connectivity index (χ0n) is 22.4. The van der Waals surface area contributed by atoms with Crippen LogP contribution in [0.5, 0.6) is 0 Å². The number of aromatic nitrogens is 2. The molecule has 2 saturated heterocycles. The van der Waals surface area contributed by atoms with E-state index in [0.717, 1.165) is 5.03 Å². The van der Waals surface area contributed by atoms with E-state index in [0.29, 0.717) is 24.1 Å². The summed E-state index contributed by atoms with van der Waals surface area (Å²) in [6.07, 6.45) is -0.912. The van der Waals surface area contributed by atoms with Gasteiger partial charge >= 0.3 is 17.1 Å². The van der Waals surface area contributed by atoms with Gasteiger partial charge in [-0.1, -0.05) is 55.4 Å². The molecule has 0 radical (unpaired) electrons. The summed E-state index contributed by atoms with van der Waals surface area (Å²) in [6.45, 7) is 18.3. The van der Waals surface area contributed by atoms with Gasteiger partial charge in [-0.25, -0.2) is 9.98 Å². The summed E-state index contributed by atoms with van der Waals surface area (Å²) < 4.78 is 29.3. The first-order chi connectivity index (χ1) is 16.4. The number of nitrogens with zero attached hydrogens (tertiary/aromatic N) is 4. The van der Waals surface area contributed by atoms with Crippen LogP contribution >= 0.6 is 12.6 Å². The van der Waals surface area contributed by atoms with Gasteiger partial charge in [0.2, 0.25) is 0 Å². The Morgan fingerprint density at radius 3 is 2.20 bits per heavy atom. The lowest BCUT2D eigenvalue weighted by atomic mass is 10.1. The number of rotatable bonds is 5. The Balaban J connectivity index is 1.77. The summed E-state index contributed by atoms with van der Waals surface area (Å²) in [5.41, 5.74) is 1.50. The van der Waals surface area contributed by atoms with Crippen LogP contribution in [0.3, 0.4) is 0 Å². The fourth-order valence-electron chi connectivity index (χ4n) is 5.64. The summed E-state index contributed by atoms with van der Waals surface area (Å²) in [5, 5.41) is 13.0. The zero-order valence-corrected chi connectivity index (χ0v) is 25.3. The van der Waals surface area contributed by atoms with Crippen LogP contribution in [0.25, 0.3) is 5.03 Å². The highest BCUT2D eigenvalue weighted by Crippen LogP contribution is 2.48. The summed E-state index contributed by atoms with van der Waals surface area (Å²) in [4.78, 5) is 11.1. The van der Waals surface area contributed by atoms with Crippen LogP contribution in [0.15, 0.2) is 11.3 Å². The number of imidazole rings is 1. The first-order valence-electron chi connectivity index (χ1n) is 12.7. The van der Waals surface area contributed by atoms with Gasteiger partial charge in [-0.2, -0.15) is 0 Å². The fourth-order valence-corrected chi connectivity index (χ4v) is 17.1. The molecule has 0 aliphatic carbocycles. The molecule has 3 aliphatic heterocycles. The first-order valence-corrected chi connectivity index (χ1v) is 17.1. The molecule has 1 aromatic heterocycles. The number of aliphatic hydroxyl groups excluding tert-OH is 1. The lowest BCUT2D eigenvalue weighted by molar-refractivity contribution is -0.0597. The Labute approximate surface area is 216 Å². The van der Waals surface area contributed by atoms with Crippen LogP contribution in [0, 0.1) is 0 Å². The Morgan fingerprint density at radius 2 is 1.63 bits per heavy atom. The van der Waals surface area contributed by atoms with Crippen molar-refractivity contribution in [2.24, 2.45) is 4.99 Å². The molecule has 12 heteroatoms. The van der Waals surface area contributed by atoms with Gasteiger partial charge in [0.05, 0.1) is 18.0 Å². The average Bonchev–Trinajstić information content (AvgIpc) is 3.31. The third-order valence-electron chi connectivity index (χ3n) is 7.69. The van der Waals surface area contributed by atoms with E-state index in [9.17, 15) is 5.11 Å². The minimum Gasteiger partial charge on any atom is -0.414 e. The van der Waals surface area contributed by atoms with E-state index in [2.05, 4.69) is 78.0 Å². The highest BCUT2D eigenvalue weighted by molar-refractivity contribution is 7.89. The van der Waals surface area contributed by atoms with Gasteiger partial charge in [-0.05, 0) is 22.2 Å². The Hall–Kier alpha value is -0.736. The topological polar surface area (TPSA) is 90.6 Å². The van der Waals surface area contributed by atoms with E-state index < -0.39 is 41.7 Å². The van der Waals surface area contributed by atoms with Crippen LogP contribution in [0.4, 0.5) is 0 Å². The monoisotopic (exact) mass is 542 g/mol. The molecule has 198 valence electrons. The van der Waals surface area contributed by atoms with Crippen LogP contribution in [-0.4, -0.2) is 75.3 Å². The molecule has 0 aromatic carbocycles. The number of hydrogen-bond acceptors (Lipinski definition) is 9. The molecule has 0 saturated carbocycles. The predicted octanol–water partition coefficient (Wildman–Crippen LogP) is 2.62. The lowest BCUT2D eigenvalue weighted by Gasteiger charge is -2.51. The molecular formula is C23H42N4O5SSi2. The maximum Gasteiger partial charge on any atom is 0.335 e. The second kappa shape index (κ2) is 9.86. The maximum absolute atomic E-state index is 11.6. The van der Waals surface area contributed by atoms with Gasteiger partial charge in [0.25, 0.3) is 0 Å². The Kier molecular flexibility index (Phi) is 7.69. The van der Waals surface area contributed by atoms with Gasteiger partial charge in [-0.15, -0.1) is 12.6 Å². The van der Waals surface area contributed by atoms with Gasteiger partial charge in [-0.3, -0.25) is 4.57 Å². The molecule has 4 atom stereocenters. The number of hydrogen-bond donors (Lipinski definition) is 2. The van der Waals surface area contributed by atoms with E-state index >= 15 is 0 Å². The SMILES string of the molecule is CC(C)[Si]1(C(C)C)OC[C@H]2O[C@@H](n3cnc4c3=NCN(C)C=4S)[C@H](O)[C@@H]2O[Si](C(C)C)(C(C)C)O1. The summed E-state index contributed by atoms with van der Waals surface area (Å²) in [5.74, 6) is 0. The molecule has 0 amide bonds. The standard InChI is InChI=1S/C23H42N4O5SSi2/c1-13(2)34(14(3)4)29-10-17-20(31-35(32-34,15(5)6)16(7)8)19(28)22(30-17)27-12-24-18-21(27)25-11-26(9)23(18)33/h12-17,19-20,22,28,33H,10-11H2,1-9H3/t17-,19-,20-,22-/m1/s1. The lowest BCUT2D eigenvalue weighted by Crippen LogP contribution is -2.65. The highest BCUT2D eigenvalue weighted by atomic mass is 32.1. The normalized spacial score (nSPS) is 30.5. The van der Waals surface area contributed by atoms with E-state index in [1.165, 1.54) is 0 Å². The third-order valence-corrected chi connectivity index (χ3v) is 18.5. The molecule has 0 unspecified atom stereocenters. The summed E-state index contributed by atoms with van der Waals surface area (Å²) in [6, 6.07) is 0. The molecule has 1 aromatic rings. The van der Waals surface area contributed by atoms with Crippen LogP contribution < -0.4 is 10.8 Å². The largest absolute Gasteiger partial charge is 0.414 e. The van der Waals surface area contributed by atoms with E-state index in [4.69, 9.17) is 17.7 Å². The quantitative estimate of drug-likeness (QED) is 0.437. The van der Waals surface area contributed by atoms with Crippen molar-refractivity contribution < 1.29 is 22.8 Å². The molecule has 35 heavy (non-hydrogen) atoms. The van der Waals surface area contributed by atoms with Gasteiger partial charge in [0, 0.05) is 7.05 Å². The van der Waals surface area contributed by atoms with Gasteiger partial charge < -0.3 is 27.7 Å². The number of fused-ring (bicyclic) bond motifs is 2. The van der Waals surface area contributed by atoms with Crippen molar-refractivity contribution in [1.82, 2.24) is 14.5 Å². The number of ether oxygens (including phenoxy) is 1. The molecule has 3 aliphatic rings. The zero-order chi connectivity index (χ0) is 25.9. The molecule has 4 rings (SSSR count). The second-order valence-electron chi connectivity index (χ2n) is 11.3. The van der Waals surface area contributed by atoms with E-state index in [1.807, 2.05) is 16.5 Å². The first kappa shape index (κ1) is 27.3. The maximum atomic E-state index is 11.6. The minimum absolute atomic E-state index is 0.174. The van der Waals surface area contributed by atoms with Crippen molar-refractivity contribution in [2.45, 2.75) is 102 Å². The molecule has 4 heterocycles. The molecule has 2 fully saturated rings. The fraction of sp³-hybridized carbons (Fsp3) is 0.826. The Bertz CT molecular complexity index is 1030. The molecule has 9 nitrogen and oxygen atoms in total. The van der Waals surface area contributed by atoms with Crippen molar-refractivity contribution in [3.8, 4) is 0 Å². The van der Waals surface area contributed by atoms with Crippen LogP contribution in [-0.2, 0) is 17.7 Å². The summed E-state index contributed by atoms with van der Waals surface area (Å²) >= 11 is 4.60. The highest BCUT2D eigenvalue weighted by Gasteiger charge is 2.61. The van der Waals surface area contributed by atoms with Crippen molar-refractivity contribution in [2.75, 3.05) is 20.3 Å². The predicted molar refractivity (Wildman–Crippen MR) is 142 cm³/mol. The van der Waals surface area contributed by atoms with Gasteiger partial charge in [0.15, 0.2) is 11.7 Å². The number of aliphatic hydroxyl groups is 1. The summed E-state index contributed by atoms with van der Waals surface area (Å²) in [7, 11) is -3.60. The van der Waals surface area contributed by atoms with E-state index in [-0.39, 0.29) is 22.2 Å². The molecule has 0 spiro atoms. The van der Waals surface area contributed by atoms with Crippen molar-refractivity contribution in [3.05, 3.63) is 17.2 Å². The van der Waals surface area contributed by atoms with Crippen LogP contribution in [0.2, 0.25) is 22.2 Å². The Morgan fingerprint density at radius 1 is 1.03 bits per heavy atom. The molecule has 1 N–H and O–H groups in total. The van der Waals surface area contributed by atoms with Gasteiger partial charge in [0.1, 0.15) is 30.3 Å². The third kappa shape index (κ3) is 4.37. The smallest absolute Gasteiger partial charge is 0.335 e. The van der Waals surface area contributed by atoms with Crippen molar-refractivity contribution >= 4 is 34.8 Å². The second-order valence-corrected chi connectivity index (χ2v) is 20.5. The van der Waals surface area contributed by atoms with E-state index in [1.54, 1.807) is 6.33 Å².